The van der Waals surface area contributed by atoms with Crippen molar-refractivity contribution in [1.29, 1.82) is 0 Å². The molecule has 1 aromatic carbocycles. The smallest absolute Gasteiger partial charge is 0.411 e. The number of rotatable bonds is 3. The van der Waals surface area contributed by atoms with Gasteiger partial charge in [0.15, 0.2) is 0 Å². The predicted molar refractivity (Wildman–Crippen MR) is 75.1 cm³/mol. The van der Waals surface area contributed by atoms with E-state index in [0.717, 1.165) is 19.4 Å². The Balaban J connectivity index is 2.22. The van der Waals surface area contributed by atoms with Crippen molar-refractivity contribution in [2.45, 2.75) is 18.9 Å². The minimum Gasteiger partial charge on any atom is -0.465 e. The first kappa shape index (κ1) is 14.3. The van der Waals surface area contributed by atoms with Gasteiger partial charge < -0.3 is 10.0 Å². The molecular weight excluding hydrogens is 315 g/mol. The second-order valence-electron chi connectivity index (χ2n) is 4.77. The third-order valence-corrected chi connectivity index (χ3v) is 4.13. The molecule has 0 spiro atoms. The van der Waals surface area contributed by atoms with Crippen molar-refractivity contribution in [2.75, 3.05) is 25.0 Å². The van der Waals surface area contributed by atoms with Crippen LogP contribution in [0.2, 0.25) is 0 Å². The van der Waals surface area contributed by atoms with E-state index in [0.29, 0.717) is 16.7 Å². The number of anilines is 1. The van der Waals surface area contributed by atoms with Crippen LogP contribution in [-0.2, 0) is 0 Å². The molecule has 6 heteroatoms. The zero-order valence-electron chi connectivity index (χ0n) is 10.6. The van der Waals surface area contributed by atoms with Gasteiger partial charge in [-0.2, -0.15) is 0 Å². The first-order valence-electron chi connectivity index (χ1n) is 6.15. The number of benzene rings is 1. The maximum Gasteiger partial charge on any atom is 0.411 e. The maximum absolute atomic E-state index is 13.1. The molecule has 0 bridgehead atoms. The molecule has 1 N–H and O–H groups in total. The lowest BCUT2D eigenvalue weighted by Crippen LogP contribution is -2.41. The van der Waals surface area contributed by atoms with Crippen molar-refractivity contribution in [2.24, 2.45) is 0 Å². The molecule has 0 radical (unpaired) electrons. The molecule has 1 aliphatic heterocycles. The van der Waals surface area contributed by atoms with Gasteiger partial charge >= 0.3 is 6.09 Å². The van der Waals surface area contributed by atoms with Gasteiger partial charge in [0.1, 0.15) is 5.82 Å². The number of hydrogen-bond donors (Lipinski definition) is 1. The molecule has 1 aromatic rings. The minimum absolute atomic E-state index is 0.216. The number of likely N-dealkylation sites (N-methyl/N-ethyl adjacent to an activating group) is 1. The lowest BCUT2D eigenvalue weighted by atomic mass is 10.2. The van der Waals surface area contributed by atoms with Crippen LogP contribution in [0.15, 0.2) is 22.7 Å². The molecule has 1 fully saturated rings. The van der Waals surface area contributed by atoms with Crippen molar-refractivity contribution >= 4 is 27.7 Å². The molecule has 104 valence electrons. The fraction of sp³-hybridized carbons (Fsp3) is 0.462. The van der Waals surface area contributed by atoms with Crippen LogP contribution in [0.5, 0.6) is 0 Å². The molecule has 1 saturated heterocycles. The standard InChI is InChI=1S/C13H16BrFN2O2/c1-16-6-2-3-10(16)8-17(13(18)19)12-5-4-9(15)7-11(12)14/h4-5,7,10H,2-3,6,8H2,1H3,(H,18,19). The number of halogens is 2. The fourth-order valence-corrected chi connectivity index (χ4v) is 2.97. The number of likely N-dealkylation sites (tertiary alicyclic amines) is 1. The maximum atomic E-state index is 13.1. The van der Waals surface area contributed by atoms with E-state index < -0.39 is 6.09 Å². The second-order valence-corrected chi connectivity index (χ2v) is 5.62. The molecule has 1 unspecified atom stereocenters. The van der Waals surface area contributed by atoms with Gasteiger partial charge in [-0.1, -0.05) is 0 Å². The summed E-state index contributed by atoms with van der Waals surface area (Å²) < 4.78 is 13.5. The first-order chi connectivity index (χ1) is 8.99. The zero-order valence-corrected chi connectivity index (χ0v) is 12.2. The van der Waals surface area contributed by atoms with Gasteiger partial charge in [-0.15, -0.1) is 0 Å². The van der Waals surface area contributed by atoms with Gasteiger partial charge in [-0.3, -0.25) is 4.90 Å². The zero-order chi connectivity index (χ0) is 14.0. The summed E-state index contributed by atoms with van der Waals surface area (Å²) >= 11 is 3.22. The Bertz CT molecular complexity index is 484. The Morgan fingerprint density at radius 1 is 1.63 bits per heavy atom. The van der Waals surface area contributed by atoms with Crippen LogP contribution < -0.4 is 4.90 Å². The summed E-state index contributed by atoms with van der Waals surface area (Å²) in [5.74, 6) is -0.390. The molecule has 19 heavy (non-hydrogen) atoms. The van der Waals surface area contributed by atoms with Gasteiger partial charge in [0, 0.05) is 17.1 Å². The van der Waals surface area contributed by atoms with Gasteiger partial charge in [0.2, 0.25) is 0 Å². The monoisotopic (exact) mass is 330 g/mol. The van der Waals surface area contributed by atoms with Crippen LogP contribution in [0.4, 0.5) is 14.9 Å². The summed E-state index contributed by atoms with van der Waals surface area (Å²) in [6.07, 6.45) is 1.05. The largest absolute Gasteiger partial charge is 0.465 e. The number of carboxylic acid groups (broad SMARTS) is 1. The lowest BCUT2D eigenvalue weighted by Gasteiger charge is -2.27. The molecule has 1 heterocycles. The van der Waals surface area contributed by atoms with Crippen LogP contribution in [-0.4, -0.2) is 42.3 Å². The van der Waals surface area contributed by atoms with E-state index in [1.807, 2.05) is 7.05 Å². The highest BCUT2D eigenvalue weighted by Crippen LogP contribution is 2.28. The van der Waals surface area contributed by atoms with Crippen LogP contribution >= 0.6 is 15.9 Å². The van der Waals surface area contributed by atoms with E-state index in [1.54, 1.807) is 0 Å². The Hall–Kier alpha value is -1.14. The molecular formula is C13H16BrFN2O2. The van der Waals surface area contributed by atoms with E-state index in [1.165, 1.54) is 23.1 Å². The van der Waals surface area contributed by atoms with Crippen LogP contribution in [0, 0.1) is 5.82 Å². The van der Waals surface area contributed by atoms with E-state index in [2.05, 4.69) is 20.8 Å². The summed E-state index contributed by atoms with van der Waals surface area (Å²) in [5, 5.41) is 9.36. The van der Waals surface area contributed by atoms with E-state index in [4.69, 9.17) is 0 Å². The highest BCUT2D eigenvalue weighted by Gasteiger charge is 2.27. The van der Waals surface area contributed by atoms with Crippen LogP contribution in [0.3, 0.4) is 0 Å². The first-order valence-corrected chi connectivity index (χ1v) is 6.94. The topological polar surface area (TPSA) is 43.8 Å². The molecule has 1 atom stereocenters. The van der Waals surface area contributed by atoms with Crippen LogP contribution in [0.1, 0.15) is 12.8 Å². The number of amides is 1. The van der Waals surface area contributed by atoms with E-state index in [-0.39, 0.29) is 11.9 Å². The number of carbonyl (C=O) groups is 1. The minimum atomic E-state index is -1.02. The van der Waals surface area contributed by atoms with Crippen LogP contribution in [0.25, 0.3) is 0 Å². The normalized spacial score (nSPS) is 19.6. The Morgan fingerprint density at radius 3 is 2.89 bits per heavy atom. The SMILES string of the molecule is CN1CCCC1CN(C(=O)O)c1ccc(F)cc1Br. The molecule has 1 amide bonds. The summed E-state index contributed by atoms with van der Waals surface area (Å²) in [5.41, 5.74) is 0.481. The third-order valence-electron chi connectivity index (χ3n) is 3.50. The molecule has 0 aromatic heterocycles. The highest BCUT2D eigenvalue weighted by atomic mass is 79.9. The van der Waals surface area contributed by atoms with Gasteiger partial charge in [-0.25, -0.2) is 9.18 Å². The molecule has 0 saturated carbocycles. The number of nitrogens with zero attached hydrogens (tertiary/aromatic N) is 2. The Morgan fingerprint density at radius 2 is 2.37 bits per heavy atom. The quantitative estimate of drug-likeness (QED) is 0.925. The van der Waals surface area contributed by atoms with Crippen molar-refractivity contribution < 1.29 is 14.3 Å². The molecule has 0 aliphatic carbocycles. The second kappa shape index (κ2) is 5.88. The van der Waals surface area contributed by atoms with E-state index >= 15 is 0 Å². The van der Waals surface area contributed by atoms with Crippen molar-refractivity contribution in [1.82, 2.24) is 4.90 Å². The lowest BCUT2D eigenvalue weighted by molar-refractivity contribution is 0.198. The summed E-state index contributed by atoms with van der Waals surface area (Å²) in [7, 11) is 2.00. The number of hydrogen-bond acceptors (Lipinski definition) is 2. The third kappa shape index (κ3) is 3.25. The Kier molecular flexibility index (Phi) is 4.42. The molecule has 2 rings (SSSR count). The van der Waals surface area contributed by atoms with Crippen molar-refractivity contribution in [3.63, 3.8) is 0 Å². The van der Waals surface area contributed by atoms with Crippen molar-refractivity contribution in [3.05, 3.63) is 28.5 Å². The average molecular weight is 331 g/mol. The summed E-state index contributed by atoms with van der Waals surface area (Å²) in [4.78, 5) is 14.9. The summed E-state index contributed by atoms with van der Waals surface area (Å²) in [6, 6.07) is 4.26. The Labute approximate surface area is 119 Å². The average Bonchev–Trinajstić information content (AvgIpc) is 2.72. The fourth-order valence-electron chi connectivity index (χ4n) is 2.40. The van der Waals surface area contributed by atoms with Gasteiger partial charge in [0.05, 0.1) is 5.69 Å². The van der Waals surface area contributed by atoms with E-state index in [9.17, 15) is 14.3 Å². The van der Waals surface area contributed by atoms with Gasteiger partial charge in [-0.05, 0) is 60.6 Å². The van der Waals surface area contributed by atoms with Gasteiger partial charge in [0.25, 0.3) is 0 Å². The highest BCUT2D eigenvalue weighted by molar-refractivity contribution is 9.10. The van der Waals surface area contributed by atoms with Crippen molar-refractivity contribution in [3.8, 4) is 0 Å². The molecule has 1 aliphatic rings. The predicted octanol–water partition coefficient (Wildman–Crippen LogP) is 3.17. The summed E-state index contributed by atoms with van der Waals surface area (Å²) in [6.45, 7) is 1.39. The molecule has 4 nitrogen and oxygen atoms in total.